The summed E-state index contributed by atoms with van der Waals surface area (Å²) in [5.74, 6) is 0.788. The molecule has 6 heteroatoms. The molecule has 1 heterocycles. The predicted octanol–water partition coefficient (Wildman–Crippen LogP) is -2.88. The van der Waals surface area contributed by atoms with Crippen molar-refractivity contribution in [2.45, 2.75) is 13.3 Å². The molecule has 0 unspecified atom stereocenters. The number of amides is 1. The Morgan fingerprint density at radius 2 is 1.95 bits per heavy atom. The summed E-state index contributed by atoms with van der Waals surface area (Å²) in [5.41, 5.74) is 0.677. The number of morpholine rings is 1. The van der Waals surface area contributed by atoms with E-state index in [1.54, 1.807) is 0 Å². The first kappa shape index (κ1) is 18.7. The Morgan fingerprint density at radius 3 is 2.59 bits per heavy atom. The fourth-order valence-corrected chi connectivity index (χ4v) is 2.29. The predicted molar refractivity (Wildman–Crippen MR) is 80.9 cm³/mol. The van der Waals surface area contributed by atoms with Crippen LogP contribution in [0.5, 0.6) is 5.75 Å². The van der Waals surface area contributed by atoms with Gasteiger partial charge in [0, 0.05) is 5.56 Å². The van der Waals surface area contributed by atoms with Crippen LogP contribution in [0.15, 0.2) is 24.3 Å². The van der Waals surface area contributed by atoms with Crippen LogP contribution in [0.1, 0.15) is 23.7 Å². The van der Waals surface area contributed by atoms with E-state index in [0.29, 0.717) is 18.7 Å². The Labute approximate surface area is 138 Å². The van der Waals surface area contributed by atoms with Crippen molar-refractivity contribution in [1.29, 1.82) is 0 Å². The molecule has 0 radical (unpaired) electrons. The summed E-state index contributed by atoms with van der Waals surface area (Å²) in [6.45, 7) is 8.12. The van der Waals surface area contributed by atoms with Gasteiger partial charge in [-0.15, -0.1) is 0 Å². The Kier molecular flexibility index (Phi) is 8.89. The van der Waals surface area contributed by atoms with Crippen molar-refractivity contribution in [3.8, 4) is 5.75 Å². The van der Waals surface area contributed by atoms with Gasteiger partial charge in [-0.2, -0.15) is 0 Å². The molecule has 124 valence electrons. The lowest BCUT2D eigenvalue weighted by Gasteiger charge is -2.23. The lowest BCUT2D eigenvalue weighted by atomic mass is 10.2. The van der Waals surface area contributed by atoms with Gasteiger partial charge in [-0.25, -0.2) is 0 Å². The third kappa shape index (κ3) is 6.22. The number of benzene rings is 1. The van der Waals surface area contributed by atoms with Crippen molar-refractivity contribution in [2.75, 3.05) is 46.0 Å². The second kappa shape index (κ2) is 10.4. The molecule has 2 rings (SSSR count). The highest BCUT2D eigenvalue weighted by Crippen LogP contribution is 2.12. The van der Waals surface area contributed by atoms with Gasteiger partial charge in [0.05, 0.1) is 32.9 Å². The number of carbonyl (C=O) groups excluding carboxylic acids is 1. The molecule has 1 aliphatic heterocycles. The van der Waals surface area contributed by atoms with Crippen LogP contribution in [-0.4, -0.2) is 51.9 Å². The highest BCUT2D eigenvalue weighted by Gasteiger charge is 2.13. The van der Waals surface area contributed by atoms with Gasteiger partial charge < -0.3 is 32.1 Å². The van der Waals surface area contributed by atoms with Crippen LogP contribution in [-0.2, 0) is 4.74 Å². The Bertz CT molecular complexity index is 434. The highest BCUT2D eigenvalue weighted by atomic mass is 35.5. The van der Waals surface area contributed by atoms with E-state index in [2.05, 4.69) is 12.2 Å². The molecule has 5 nitrogen and oxygen atoms in total. The number of hydrogen-bond acceptors (Lipinski definition) is 3. The molecule has 0 aliphatic carbocycles. The van der Waals surface area contributed by atoms with E-state index in [1.807, 2.05) is 24.3 Å². The maximum atomic E-state index is 12.0. The van der Waals surface area contributed by atoms with Crippen LogP contribution in [0.4, 0.5) is 0 Å². The topological polar surface area (TPSA) is 52.0 Å². The Hall–Kier alpha value is -1.30. The van der Waals surface area contributed by atoms with Crippen LogP contribution in [0.25, 0.3) is 0 Å². The zero-order valence-electron chi connectivity index (χ0n) is 13.1. The molecule has 22 heavy (non-hydrogen) atoms. The zero-order valence-corrected chi connectivity index (χ0v) is 13.8. The molecule has 0 spiro atoms. The van der Waals surface area contributed by atoms with Gasteiger partial charge in [-0.3, -0.25) is 4.79 Å². The van der Waals surface area contributed by atoms with Gasteiger partial charge in [-0.05, 0) is 30.7 Å². The third-order valence-corrected chi connectivity index (χ3v) is 3.55. The summed E-state index contributed by atoms with van der Waals surface area (Å²) in [6.07, 6.45) is 0.978. The SMILES string of the molecule is CCCOc1ccc(C(=O)NCC[NH+]2CCOCC2)cc1.[Cl-]. The zero-order chi connectivity index (χ0) is 14.9. The van der Waals surface area contributed by atoms with Crippen LogP contribution in [0.2, 0.25) is 0 Å². The van der Waals surface area contributed by atoms with Gasteiger partial charge >= 0.3 is 0 Å². The Morgan fingerprint density at radius 1 is 1.27 bits per heavy atom. The quantitative estimate of drug-likeness (QED) is 0.565. The number of ether oxygens (including phenoxy) is 2. The number of carbonyl (C=O) groups is 1. The van der Waals surface area contributed by atoms with Crippen LogP contribution in [0.3, 0.4) is 0 Å². The number of hydrogen-bond donors (Lipinski definition) is 2. The molecule has 0 bridgehead atoms. The standard InChI is InChI=1S/C16H24N2O3.ClH/c1-2-11-21-15-5-3-14(4-6-15)16(19)17-7-8-18-9-12-20-13-10-18;/h3-6H,2,7-13H2,1H3,(H,17,19);1H. The smallest absolute Gasteiger partial charge is 0.251 e. The first-order chi connectivity index (χ1) is 10.3. The van der Waals surface area contributed by atoms with Crippen LogP contribution in [0, 0.1) is 0 Å². The van der Waals surface area contributed by atoms with Crippen molar-refractivity contribution in [3.63, 3.8) is 0 Å². The van der Waals surface area contributed by atoms with E-state index in [1.165, 1.54) is 4.90 Å². The van der Waals surface area contributed by atoms with Gasteiger partial charge in [0.2, 0.25) is 0 Å². The average molecular weight is 329 g/mol. The van der Waals surface area contributed by atoms with Crippen molar-refractivity contribution < 1.29 is 31.6 Å². The van der Waals surface area contributed by atoms with E-state index < -0.39 is 0 Å². The third-order valence-electron chi connectivity index (χ3n) is 3.55. The largest absolute Gasteiger partial charge is 1.00 e. The summed E-state index contributed by atoms with van der Waals surface area (Å²) < 4.78 is 10.8. The van der Waals surface area contributed by atoms with E-state index >= 15 is 0 Å². The van der Waals surface area contributed by atoms with E-state index in [0.717, 1.165) is 45.0 Å². The number of halogens is 1. The number of quaternary nitrogens is 1. The summed E-state index contributed by atoms with van der Waals surface area (Å²) in [7, 11) is 0. The Balaban J connectivity index is 0.00000242. The molecule has 0 saturated carbocycles. The van der Waals surface area contributed by atoms with Crippen molar-refractivity contribution in [2.24, 2.45) is 0 Å². The van der Waals surface area contributed by atoms with E-state index in [-0.39, 0.29) is 18.3 Å². The fourth-order valence-electron chi connectivity index (χ4n) is 2.29. The summed E-state index contributed by atoms with van der Waals surface area (Å²) >= 11 is 0. The monoisotopic (exact) mass is 328 g/mol. The molecule has 1 saturated heterocycles. The van der Waals surface area contributed by atoms with Gasteiger partial charge in [0.1, 0.15) is 18.8 Å². The molecule has 1 aliphatic rings. The van der Waals surface area contributed by atoms with Crippen molar-refractivity contribution >= 4 is 5.91 Å². The van der Waals surface area contributed by atoms with Crippen LogP contribution >= 0.6 is 0 Å². The average Bonchev–Trinajstić information content (AvgIpc) is 2.54. The van der Waals surface area contributed by atoms with Crippen LogP contribution < -0.4 is 27.4 Å². The summed E-state index contributed by atoms with van der Waals surface area (Å²) in [4.78, 5) is 13.5. The molecule has 0 atom stereocenters. The minimum Gasteiger partial charge on any atom is -1.00 e. The number of rotatable bonds is 7. The molecule has 1 aromatic carbocycles. The molecular formula is C16H25ClN2O3. The maximum absolute atomic E-state index is 12.0. The molecule has 1 aromatic rings. The molecular weight excluding hydrogens is 304 g/mol. The summed E-state index contributed by atoms with van der Waals surface area (Å²) in [5, 5.41) is 2.97. The second-order valence-corrected chi connectivity index (χ2v) is 5.24. The normalized spacial score (nSPS) is 15.0. The highest BCUT2D eigenvalue weighted by molar-refractivity contribution is 5.94. The lowest BCUT2D eigenvalue weighted by Crippen LogP contribution is -3.14. The van der Waals surface area contributed by atoms with Gasteiger partial charge in [0.15, 0.2) is 0 Å². The molecule has 2 N–H and O–H groups in total. The van der Waals surface area contributed by atoms with Crippen molar-refractivity contribution in [1.82, 2.24) is 5.32 Å². The molecule has 1 amide bonds. The first-order valence-electron chi connectivity index (χ1n) is 7.72. The lowest BCUT2D eigenvalue weighted by molar-refractivity contribution is -0.906. The van der Waals surface area contributed by atoms with Crippen molar-refractivity contribution in [3.05, 3.63) is 29.8 Å². The van der Waals surface area contributed by atoms with Gasteiger partial charge in [-0.1, -0.05) is 6.92 Å². The van der Waals surface area contributed by atoms with Gasteiger partial charge in [0.25, 0.3) is 5.91 Å². The molecule has 1 fully saturated rings. The maximum Gasteiger partial charge on any atom is 0.251 e. The minimum absolute atomic E-state index is 0. The summed E-state index contributed by atoms with van der Waals surface area (Å²) in [6, 6.07) is 7.30. The molecule has 0 aromatic heterocycles. The van der Waals surface area contributed by atoms with E-state index in [9.17, 15) is 4.79 Å². The second-order valence-electron chi connectivity index (χ2n) is 5.24. The van der Waals surface area contributed by atoms with E-state index in [4.69, 9.17) is 9.47 Å². The first-order valence-corrected chi connectivity index (χ1v) is 7.72. The number of nitrogens with one attached hydrogen (secondary N) is 2. The minimum atomic E-state index is -0.0234. The fraction of sp³-hybridized carbons (Fsp3) is 0.562.